The van der Waals surface area contributed by atoms with Crippen LogP contribution in [-0.4, -0.2) is 17.8 Å². The average Bonchev–Trinajstić information content (AvgIpc) is 3.02. The average molecular weight is 385 g/mol. The summed E-state index contributed by atoms with van der Waals surface area (Å²) in [5.41, 5.74) is 3.22. The van der Waals surface area contributed by atoms with E-state index in [1.165, 1.54) is 4.90 Å². The van der Waals surface area contributed by atoms with Crippen molar-refractivity contribution in [2.75, 3.05) is 4.90 Å². The van der Waals surface area contributed by atoms with Gasteiger partial charge in [-0.25, -0.2) is 9.69 Å². The summed E-state index contributed by atoms with van der Waals surface area (Å²) in [6.07, 6.45) is 0. The van der Waals surface area contributed by atoms with Crippen molar-refractivity contribution in [3.05, 3.63) is 101 Å². The molecule has 1 heterocycles. The Morgan fingerprint density at radius 2 is 1.14 bits per heavy atom. The van der Waals surface area contributed by atoms with Crippen LogP contribution in [0.5, 0.6) is 0 Å². The minimum Gasteiger partial charge on any atom is -0.334 e. The normalized spacial score (nSPS) is 12.6. The second kappa shape index (κ2) is 7.98. The van der Waals surface area contributed by atoms with Crippen molar-refractivity contribution in [3.8, 4) is 0 Å². The molecule has 0 aromatic heterocycles. The van der Waals surface area contributed by atoms with E-state index in [0.29, 0.717) is 29.9 Å². The predicted molar refractivity (Wildman–Crippen MR) is 110 cm³/mol. The van der Waals surface area contributed by atoms with Crippen molar-refractivity contribution in [1.82, 2.24) is 10.6 Å². The summed E-state index contributed by atoms with van der Waals surface area (Å²) >= 11 is 0. The zero-order valence-electron chi connectivity index (χ0n) is 15.6. The number of benzene rings is 3. The van der Waals surface area contributed by atoms with Crippen LogP contribution in [0.3, 0.4) is 0 Å². The van der Waals surface area contributed by atoms with Gasteiger partial charge in [-0.3, -0.25) is 9.59 Å². The number of amides is 4. The van der Waals surface area contributed by atoms with E-state index in [-0.39, 0.29) is 17.8 Å². The highest BCUT2D eigenvalue weighted by molar-refractivity contribution is 6.34. The number of urea groups is 1. The quantitative estimate of drug-likeness (QED) is 0.660. The molecule has 0 fully saturated rings. The molecule has 4 rings (SSSR count). The molecule has 1 aliphatic heterocycles. The maximum atomic E-state index is 12.5. The Labute approximate surface area is 168 Å². The van der Waals surface area contributed by atoms with Gasteiger partial charge in [0.1, 0.15) is 0 Å². The molecule has 6 nitrogen and oxygen atoms in total. The standard InChI is InChI=1S/C23H19N3O3/c27-21-19-8-4-5-9-20(19)22(28)26(21)18-12-10-17(11-13-18)15-25-23(29)24-14-16-6-2-1-3-7-16/h1-13H,14-15H2,(H2,24,25,29). The molecular formula is C23H19N3O3. The summed E-state index contributed by atoms with van der Waals surface area (Å²) < 4.78 is 0. The maximum Gasteiger partial charge on any atom is 0.315 e. The number of carbonyl (C=O) groups is 3. The van der Waals surface area contributed by atoms with E-state index >= 15 is 0 Å². The third kappa shape index (κ3) is 3.87. The Hall–Kier alpha value is -3.93. The first-order chi connectivity index (χ1) is 14.1. The molecule has 3 aromatic rings. The molecule has 0 bridgehead atoms. The van der Waals surface area contributed by atoms with Gasteiger partial charge in [0.05, 0.1) is 16.8 Å². The number of fused-ring (bicyclic) bond motifs is 1. The smallest absolute Gasteiger partial charge is 0.315 e. The van der Waals surface area contributed by atoms with E-state index in [0.717, 1.165) is 11.1 Å². The van der Waals surface area contributed by atoms with Gasteiger partial charge in [0, 0.05) is 13.1 Å². The number of hydrogen-bond acceptors (Lipinski definition) is 3. The molecule has 29 heavy (non-hydrogen) atoms. The van der Waals surface area contributed by atoms with Gasteiger partial charge in [-0.05, 0) is 35.4 Å². The van der Waals surface area contributed by atoms with Gasteiger partial charge < -0.3 is 10.6 Å². The highest BCUT2D eigenvalue weighted by Gasteiger charge is 2.36. The molecule has 6 heteroatoms. The fourth-order valence-corrected chi connectivity index (χ4v) is 3.21. The third-order valence-electron chi connectivity index (χ3n) is 4.74. The number of carbonyl (C=O) groups excluding carboxylic acids is 3. The van der Waals surface area contributed by atoms with E-state index < -0.39 is 0 Å². The zero-order valence-corrected chi connectivity index (χ0v) is 15.6. The molecule has 0 unspecified atom stereocenters. The molecule has 1 aliphatic rings. The lowest BCUT2D eigenvalue weighted by Gasteiger charge is -2.14. The van der Waals surface area contributed by atoms with Crippen LogP contribution >= 0.6 is 0 Å². The molecule has 144 valence electrons. The Morgan fingerprint density at radius 1 is 0.655 bits per heavy atom. The zero-order chi connectivity index (χ0) is 20.2. The molecule has 0 spiro atoms. The number of nitrogens with zero attached hydrogens (tertiary/aromatic N) is 1. The SMILES string of the molecule is O=C(NCc1ccccc1)NCc1ccc(N2C(=O)c3ccccc3C2=O)cc1. The highest BCUT2D eigenvalue weighted by Crippen LogP contribution is 2.28. The number of anilines is 1. The predicted octanol–water partition coefficient (Wildman–Crippen LogP) is 3.49. The number of rotatable bonds is 5. The molecule has 0 atom stereocenters. The van der Waals surface area contributed by atoms with Gasteiger partial charge in [0.2, 0.25) is 0 Å². The van der Waals surface area contributed by atoms with Gasteiger partial charge in [-0.15, -0.1) is 0 Å². The Morgan fingerprint density at radius 3 is 1.69 bits per heavy atom. The van der Waals surface area contributed by atoms with Crippen LogP contribution in [0, 0.1) is 0 Å². The van der Waals surface area contributed by atoms with Crippen molar-refractivity contribution >= 4 is 23.5 Å². The van der Waals surface area contributed by atoms with Crippen LogP contribution in [-0.2, 0) is 13.1 Å². The topological polar surface area (TPSA) is 78.5 Å². The molecular weight excluding hydrogens is 366 g/mol. The van der Waals surface area contributed by atoms with Gasteiger partial charge in [0.25, 0.3) is 11.8 Å². The lowest BCUT2D eigenvalue weighted by atomic mass is 10.1. The van der Waals surface area contributed by atoms with Crippen LogP contribution in [0.1, 0.15) is 31.8 Å². The largest absolute Gasteiger partial charge is 0.334 e. The van der Waals surface area contributed by atoms with Crippen LogP contribution in [0.4, 0.5) is 10.5 Å². The summed E-state index contributed by atoms with van der Waals surface area (Å²) in [6.45, 7) is 0.786. The van der Waals surface area contributed by atoms with Gasteiger partial charge >= 0.3 is 6.03 Å². The van der Waals surface area contributed by atoms with Crippen LogP contribution in [0.2, 0.25) is 0 Å². The lowest BCUT2D eigenvalue weighted by molar-refractivity contribution is 0.0926. The minimum absolute atomic E-state index is 0.265. The summed E-state index contributed by atoms with van der Waals surface area (Å²) in [4.78, 5) is 38.2. The summed E-state index contributed by atoms with van der Waals surface area (Å²) in [5, 5.41) is 5.59. The first kappa shape index (κ1) is 18.4. The van der Waals surface area contributed by atoms with Crippen molar-refractivity contribution in [2.24, 2.45) is 0 Å². The van der Waals surface area contributed by atoms with Crippen LogP contribution < -0.4 is 15.5 Å². The molecule has 0 radical (unpaired) electrons. The first-order valence-corrected chi connectivity index (χ1v) is 9.26. The number of hydrogen-bond donors (Lipinski definition) is 2. The van der Waals surface area contributed by atoms with Gasteiger partial charge in [-0.1, -0.05) is 54.6 Å². The molecule has 0 saturated heterocycles. The lowest BCUT2D eigenvalue weighted by Crippen LogP contribution is -2.34. The monoisotopic (exact) mass is 385 g/mol. The molecule has 0 saturated carbocycles. The van der Waals surface area contributed by atoms with Crippen molar-refractivity contribution in [3.63, 3.8) is 0 Å². The third-order valence-corrected chi connectivity index (χ3v) is 4.74. The van der Waals surface area contributed by atoms with Crippen molar-refractivity contribution in [1.29, 1.82) is 0 Å². The first-order valence-electron chi connectivity index (χ1n) is 9.26. The van der Waals surface area contributed by atoms with Crippen LogP contribution in [0.15, 0.2) is 78.9 Å². The maximum absolute atomic E-state index is 12.5. The van der Waals surface area contributed by atoms with Gasteiger partial charge in [-0.2, -0.15) is 0 Å². The van der Waals surface area contributed by atoms with Crippen LogP contribution in [0.25, 0.3) is 0 Å². The Kier molecular flexibility index (Phi) is 5.07. The molecule has 0 aliphatic carbocycles. The number of nitrogens with one attached hydrogen (secondary N) is 2. The fourth-order valence-electron chi connectivity index (χ4n) is 3.21. The van der Waals surface area contributed by atoms with E-state index in [1.54, 1.807) is 48.5 Å². The van der Waals surface area contributed by atoms with E-state index in [4.69, 9.17) is 0 Å². The van der Waals surface area contributed by atoms with E-state index in [2.05, 4.69) is 10.6 Å². The summed E-state index contributed by atoms with van der Waals surface area (Å²) in [5.74, 6) is -0.645. The van der Waals surface area contributed by atoms with E-state index in [9.17, 15) is 14.4 Å². The second-order valence-corrected chi connectivity index (χ2v) is 6.68. The Bertz CT molecular complexity index is 1030. The van der Waals surface area contributed by atoms with Gasteiger partial charge in [0.15, 0.2) is 0 Å². The van der Waals surface area contributed by atoms with Crippen molar-refractivity contribution in [2.45, 2.75) is 13.1 Å². The minimum atomic E-state index is -0.322. The second-order valence-electron chi connectivity index (χ2n) is 6.68. The molecule has 2 N–H and O–H groups in total. The van der Waals surface area contributed by atoms with Crippen molar-refractivity contribution < 1.29 is 14.4 Å². The molecule has 3 aromatic carbocycles. The molecule has 4 amide bonds. The summed E-state index contributed by atoms with van der Waals surface area (Å²) in [6, 6.07) is 23.2. The number of imide groups is 1. The summed E-state index contributed by atoms with van der Waals surface area (Å²) in [7, 11) is 0. The Balaban J connectivity index is 1.35. The van der Waals surface area contributed by atoms with E-state index in [1.807, 2.05) is 30.3 Å². The fraction of sp³-hybridized carbons (Fsp3) is 0.0870. The highest BCUT2D eigenvalue weighted by atomic mass is 16.2.